The van der Waals surface area contributed by atoms with Crippen LogP contribution in [0.25, 0.3) is 0 Å². The minimum Gasteiger partial charge on any atom is -0.473 e. The van der Waals surface area contributed by atoms with Crippen molar-refractivity contribution in [2.24, 2.45) is 0 Å². The molecule has 0 saturated heterocycles. The fourth-order valence-corrected chi connectivity index (χ4v) is 1.66. The van der Waals surface area contributed by atoms with Crippen LogP contribution >= 0.6 is 15.9 Å². The molecule has 2 nitrogen and oxygen atoms in total. The van der Waals surface area contributed by atoms with Crippen molar-refractivity contribution < 1.29 is 4.74 Å². The molecule has 0 aliphatic heterocycles. The lowest BCUT2D eigenvalue weighted by Gasteiger charge is -2.05. The number of pyridine rings is 1. The van der Waals surface area contributed by atoms with E-state index in [1.165, 1.54) is 0 Å². The van der Waals surface area contributed by atoms with Gasteiger partial charge in [-0.15, -0.1) is 0 Å². The highest BCUT2D eigenvalue weighted by Gasteiger charge is 1.98. The summed E-state index contributed by atoms with van der Waals surface area (Å²) in [5.74, 6) is 0.667. The van der Waals surface area contributed by atoms with Crippen molar-refractivity contribution in [1.29, 1.82) is 0 Å². The molecule has 3 heteroatoms. The van der Waals surface area contributed by atoms with Gasteiger partial charge in [-0.2, -0.15) is 0 Å². The van der Waals surface area contributed by atoms with E-state index in [0.29, 0.717) is 12.5 Å². The molecule has 82 valence electrons. The summed E-state index contributed by atoms with van der Waals surface area (Å²) in [6, 6.07) is 15.8. The first-order valence-electron chi connectivity index (χ1n) is 5.07. The van der Waals surface area contributed by atoms with E-state index in [2.05, 4.69) is 20.9 Å². The van der Waals surface area contributed by atoms with Crippen LogP contribution in [-0.2, 0) is 11.9 Å². The molecule has 0 N–H and O–H groups in total. The normalized spacial score (nSPS) is 10.1. The first kappa shape index (κ1) is 11.1. The molecule has 0 atom stereocenters. The Labute approximate surface area is 103 Å². The van der Waals surface area contributed by atoms with Gasteiger partial charge in [-0.1, -0.05) is 52.3 Å². The van der Waals surface area contributed by atoms with Crippen molar-refractivity contribution in [2.45, 2.75) is 11.9 Å². The van der Waals surface area contributed by atoms with Gasteiger partial charge in [-0.25, -0.2) is 4.98 Å². The summed E-state index contributed by atoms with van der Waals surface area (Å²) in [4.78, 5) is 4.34. The van der Waals surface area contributed by atoms with Crippen LogP contribution in [-0.4, -0.2) is 4.98 Å². The standard InChI is InChI=1S/C13H12BrNO/c14-9-12-7-4-8-13(15-12)16-10-11-5-2-1-3-6-11/h1-8H,9-10H2. The van der Waals surface area contributed by atoms with Crippen molar-refractivity contribution in [3.63, 3.8) is 0 Å². The summed E-state index contributed by atoms with van der Waals surface area (Å²) in [5.41, 5.74) is 2.12. The Morgan fingerprint density at radius 3 is 2.56 bits per heavy atom. The highest BCUT2D eigenvalue weighted by atomic mass is 79.9. The zero-order valence-electron chi connectivity index (χ0n) is 8.77. The quantitative estimate of drug-likeness (QED) is 0.798. The fraction of sp³-hybridized carbons (Fsp3) is 0.154. The summed E-state index contributed by atoms with van der Waals surface area (Å²) in [5, 5.41) is 0.746. The minimum absolute atomic E-state index is 0.555. The van der Waals surface area contributed by atoms with Gasteiger partial charge in [0.1, 0.15) is 6.61 Å². The molecular formula is C13H12BrNO. The van der Waals surface area contributed by atoms with Crippen molar-refractivity contribution in [3.05, 3.63) is 59.8 Å². The van der Waals surface area contributed by atoms with E-state index < -0.39 is 0 Å². The van der Waals surface area contributed by atoms with E-state index in [1.54, 1.807) is 0 Å². The number of ether oxygens (including phenoxy) is 1. The maximum Gasteiger partial charge on any atom is 0.213 e. The van der Waals surface area contributed by atoms with Gasteiger partial charge < -0.3 is 4.74 Å². The van der Waals surface area contributed by atoms with Crippen LogP contribution in [0.5, 0.6) is 5.88 Å². The van der Waals surface area contributed by atoms with E-state index in [9.17, 15) is 0 Å². The van der Waals surface area contributed by atoms with Crippen LogP contribution in [0.1, 0.15) is 11.3 Å². The third kappa shape index (κ3) is 3.07. The van der Waals surface area contributed by atoms with Crippen LogP contribution in [0, 0.1) is 0 Å². The average molecular weight is 278 g/mol. The molecule has 0 radical (unpaired) electrons. The molecule has 0 saturated carbocycles. The number of alkyl halides is 1. The summed E-state index contributed by atoms with van der Waals surface area (Å²) in [6.07, 6.45) is 0. The lowest BCUT2D eigenvalue weighted by atomic mass is 10.2. The van der Waals surface area contributed by atoms with Gasteiger partial charge in [0, 0.05) is 11.4 Å². The van der Waals surface area contributed by atoms with Crippen LogP contribution < -0.4 is 4.74 Å². The summed E-state index contributed by atoms with van der Waals surface area (Å²) in [7, 11) is 0. The number of rotatable bonds is 4. The molecule has 2 aromatic rings. The fourth-order valence-electron chi connectivity index (χ4n) is 1.34. The Balaban J connectivity index is 1.99. The molecule has 1 aromatic heterocycles. The highest BCUT2D eigenvalue weighted by Crippen LogP contribution is 2.12. The van der Waals surface area contributed by atoms with E-state index in [0.717, 1.165) is 16.6 Å². The van der Waals surface area contributed by atoms with Gasteiger partial charge in [-0.3, -0.25) is 0 Å². The van der Waals surface area contributed by atoms with Gasteiger partial charge in [0.25, 0.3) is 0 Å². The van der Waals surface area contributed by atoms with E-state index in [1.807, 2.05) is 48.5 Å². The Kier molecular flexibility index (Phi) is 3.94. The van der Waals surface area contributed by atoms with Crippen LogP contribution in [0.15, 0.2) is 48.5 Å². The lowest BCUT2D eigenvalue weighted by Crippen LogP contribution is -1.98. The van der Waals surface area contributed by atoms with Gasteiger partial charge >= 0.3 is 0 Å². The Morgan fingerprint density at radius 2 is 1.81 bits per heavy atom. The second-order valence-corrected chi connectivity index (χ2v) is 3.94. The molecule has 16 heavy (non-hydrogen) atoms. The Bertz CT molecular complexity index is 445. The van der Waals surface area contributed by atoms with Gasteiger partial charge in [0.15, 0.2) is 0 Å². The second-order valence-electron chi connectivity index (χ2n) is 3.38. The van der Waals surface area contributed by atoms with E-state index in [-0.39, 0.29) is 0 Å². The summed E-state index contributed by atoms with van der Waals surface area (Å²) in [6.45, 7) is 0.555. The molecule has 0 spiro atoms. The zero-order valence-corrected chi connectivity index (χ0v) is 10.4. The van der Waals surface area contributed by atoms with Gasteiger partial charge in [0.05, 0.1) is 5.69 Å². The molecule has 0 aliphatic carbocycles. The zero-order chi connectivity index (χ0) is 11.2. The number of benzene rings is 1. The molecule has 0 unspecified atom stereocenters. The molecule has 1 heterocycles. The molecule has 1 aromatic carbocycles. The molecule has 0 amide bonds. The first-order valence-corrected chi connectivity index (χ1v) is 6.19. The van der Waals surface area contributed by atoms with Crippen molar-refractivity contribution in [1.82, 2.24) is 4.98 Å². The second kappa shape index (κ2) is 5.66. The first-order chi connectivity index (χ1) is 7.88. The van der Waals surface area contributed by atoms with Crippen molar-refractivity contribution in [2.75, 3.05) is 0 Å². The van der Waals surface area contributed by atoms with Crippen molar-refractivity contribution >= 4 is 15.9 Å². The smallest absolute Gasteiger partial charge is 0.213 e. The molecule has 2 rings (SSSR count). The Hall–Kier alpha value is -1.35. The van der Waals surface area contributed by atoms with Crippen LogP contribution in [0.4, 0.5) is 0 Å². The van der Waals surface area contributed by atoms with Gasteiger partial charge in [0.2, 0.25) is 5.88 Å². The van der Waals surface area contributed by atoms with E-state index >= 15 is 0 Å². The third-order valence-corrected chi connectivity index (χ3v) is 2.72. The Morgan fingerprint density at radius 1 is 1.00 bits per heavy atom. The lowest BCUT2D eigenvalue weighted by molar-refractivity contribution is 0.293. The summed E-state index contributed by atoms with van der Waals surface area (Å²) >= 11 is 3.37. The van der Waals surface area contributed by atoms with Crippen molar-refractivity contribution in [3.8, 4) is 5.88 Å². The van der Waals surface area contributed by atoms with E-state index in [4.69, 9.17) is 4.74 Å². The number of nitrogens with zero attached hydrogens (tertiary/aromatic N) is 1. The number of hydrogen-bond donors (Lipinski definition) is 0. The SMILES string of the molecule is BrCc1cccc(OCc2ccccc2)n1. The average Bonchev–Trinajstić information content (AvgIpc) is 2.38. The molecule has 0 bridgehead atoms. The predicted octanol–water partition coefficient (Wildman–Crippen LogP) is 3.56. The molecule has 0 fully saturated rings. The maximum atomic E-state index is 5.60. The number of aromatic nitrogens is 1. The summed E-state index contributed by atoms with van der Waals surface area (Å²) < 4.78 is 5.60. The predicted molar refractivity (Wildman–Crippen MR) is 67.6 cm³/mol. The number of hydrogen-bond acceptors (Lipinski definition) is 2. The third-order valence-electron chi connectivity index (χ3n) is 2.15. The van der Waals surface area contributed by atoms with Crippen LogP contribution in [0.3, 0.4) is 0 Å². The molecule has 0 aliphatic rings. The maximum absolute atomic E-state index is 5.60. The molecular weight excluding hydrogens is 266 g/mol. The largest absolute Gasteiger partial charge is 0.473 e. The van der Waals surface area contributed by atoms with Gasteiger partial charge in [-0.05, 0) is 11.6 Å². The monoisotopic (exact) mass is 277 g/mol. The minimum atomic E-state index is 0.555. The topological polar surface area (TPSA) is 22.1 Å². The number of halogens is 1. The highest BCUT2D eigenvalue weighted by molar-refractivity contribution is 9.08. The van der Waals surface area contributed by atoms with Crippen LogP contribution in [0.2, 0.25) is 0 Å².